The lowest BCUT2D eigenvalue weighted by Crippen LogP contribution is -2.32. The van der Waals surface area contributed by atoms with Crippen molar-refractivity contribution in [2.75, 3.05) is 16.8 Å². The van der Waals surface area contributed by atoms with Gasteiger partial charge in [0.05, 0.1) is 16.6 Å². The molecule has 12 heteroatoms. The molecule has 0 saturated carbocycles. The summed E-state index contributed by atoms with van der Waals surface area (Å²) in [6, 6.07) is 19.8. The lowest BCUT2D eigenvalue weighted by molar-refractivity contribution is -0.122. The lowest BCUT2D eigenvalue weighted by atomic mass is 9.82. The number of imide groups is 1. The van der Waals surface area contributed by atoms with E-state index >= 15 is 0 Å². The fourth-order valence-electron chi connectivity index (χ4n) is 5.13. The quantitative estimate of drug-likeness (QED) is 0.235. The average Bonchev–Trinajstić information content (AvgIpc) is 3.44. The Bertz CT molecular complexity index is 1750. The van der Waals surface area contributed by atoms with Crippen LogP contribution in [-0.2, 0) is 14.4 Å². The summed E-state index contributed by atoms with van der Waals surface area (Å²) in [5, 5.41) is 2.68. The highest BCUT2D eigenvalue weighted by Crippen LogP contribution is 2.54. The van der Waals surface area contributed by atoms with E-state index in [-0.39, 0.29) is 29.2 Å². The number of aryl methyl sites for hydroxylation is 1. The molecule has 0 aliphatic carbocycles. The highest BCUT2D eigenvalue weighted by Gasteiger charge is 2.56. The fourth-order valence-corrected chi connectivity index (χ4v) is 8.28. The number of amides is 3. The van der Waals surface area contributed by atoms with Crippen LogP contribution in [0.3, 0.4) is 0 Å². The number of nitrogens with one attached hydrogen (secondary N) is 2. The summed E-state index contributed by atoms with van der Waals surface area (Å²) < 4.78 is 7.59. The first-order chi connectivity index (χ1) is 19.7. The number of ether oxygens (including phenoxy) is 1. The summed E-state index contributed by atoms with van der Waals surface area (Å²) in [6.07, 6.45) is 0. The van der Waals surface area contributed by atoms with Crippen LogP contribution in [0.15, 0.2) is 85.5 Å². The first-order valence-electron chi connectivity index (χ1n) is 12.5. The molecule has 0 unspecified atom stereocenters. The number of H-pyrrole nitrogens is 1. The molecule has 1 fully saturated rings. The van der Waals surface area contributed by atoms with Crippen LogP contribution in [0.25, 0.3) is 0 Å². The monoisotopic (exact) mass is 713 g/mol. The number of fused-ring (bicyclic) bond motifs is 2. The Hall–Kier alpha value is -3.19. The van der Waals surface area contributed by atoms with Gasteiger partial charge in [-0.05, 0) is 61.0 Å². The van der Waals surface area contributed by atoms with Crippen molar-refractivity contribution < 1.29 is 19.1 Å². The van der Waals surface area contributed by atoms with E-state index < -0.39 is 17.1 Å². The molecule has 2 aliphatic rings. The fraction of sp³-hybridized carbons (Fsp3) is 0.172. The van der Waals surface area contributed by atoms with Gasteiger partial charge in [-0.3, -0.25) is 19.2 Å². The summed E-state index contributed by atoms with van der Waals surface area (Å²) in [5.74, 6) is -2.08. The van der Waals surface area contributed by atoms with Crippen molar-refractivity contribution in [3.63, 3.8) is 0 Å². The van der Waals surface area contributed by atoms with Gasteiger partial charge in [-0.15, -0.1) is 0 Å². The number of thiazole rings is 1. The van der Waals surface area contributed by atoms with Crippen molar-refractivity contribution in [1.82, 2.24) is 4.98 Å². The molecule has 2 N–H and O–H groups in total. The van der Waals surface area contributed by atoms with E-state index in [0.717, 1.165) is 25.8 Å². The van der Waals surface area contributed by atoms with Crippen molar-refractivity contribution in [3.8, 4) is 5.75 Å². The maximum absolute atomic E-state index is 14.0. The number of aromatic amines is 1. The van der Waals surface area contributed by atoms with Crippen LogP contribution >= 0.6 is 55.0 Å². The number of rotatable bonds is 6. The van der Waals surface area contributed by atoms with Crippen LogP contribution in [-0.4, -0.2) is 34.6 Å². The van der Waals surface area contributed by atoms with E-state index in [2.05, 4.69) is 42.2 Å². The first-order valence-corrected chi connectivity index (χ1v) is 15.8. The zero-order valence-electron chi connectivity index (χ0n) is 21.4. The number of carbonyl (C=O) groups excluding carboxylic acids is 3. The van der Waals surface area contributed by atoms with Crippen molar-refractivity contribution >= 4 is 84.1 Å². The Morgan fingerprint density at radius 3 is 2.49 bits per heavy atom. The summed E-state index contributed by atoms with van der Waals surface area (Å²) in [4.78, 5) is 57.4. The van der Waals surface area contributed by atoms with Gasteiger partial charge >= 0.3 is 4.87 Å². The van der Waals surface area contributed by atoms with E-state index in [1.54, 1.807) is 36.4 Å². The second kappa shape index (κ2) is 11.2. The van der Waals surface area contributed by atoms with Crippen LogP contribution in [0.1, 0.15) is 21.9 Å². The standard InChI is InChI=1S/C29H21Br2N3O5S2/c1-14-4-2-3-5-19(14)32-21(35)13-39-20-11-8-16(31)12-18(20)22-23-25(40-26-24(22)41-29(38)33-26)28(37)34(27(23)36)17-9-6-15(30)7-10-17/h2-12,22-23,25H,13H2,1H3,(H,32,35)(H,33,38)/t22-,23-,25+/m0/s1. The van der Waals surface area contributed by atoms with Gasteiger partial charge in [-0.1, -0.05) is 73.2 Å². The zero-order valence-corrected chi connectivity index (χ0v) is 26.2. The molecule has 208 valence electrons. The molecule has 3 heterocycles. The highest BCUT2D eigenvalue weighted by atomic mass is 79.9. The van der Waals surface area contributed by atoms with Crippen LogP contribution in [0.4, 0.5) is 11.4 Å². The zero-order chi connectivity index (χ0) is 28.8. The SMILES string of the molecule is Cc1ccccc1NC(=O)COc1ccc(Br)cc1[C@@H]1c2sc(=O)[nH]c2S[C@H]2C(=O)N(c3ccc(Br)cc3)C(=O)[C@@H]12. The second-order valence-electron chi connectivity index (χ2n) is 9.57. The number of para-hydroxylation sites is 1. The summed E-state index contributed by atoms with van der Waals surface area (Å²) in [7, 11) is 0. The molecule has 3 aromatic carbocycles. The van der Waals surface area contributed by atoms with E-state index in [1.807, 2.05) is 37.3 Å². The van der Waals surface area contributed by atoms with E-state index in [0.29, 0.717) is 32.6 Å². The number of anilines is 2. The molecule has 1 saturated heterocycles. The second-order valence-corrected chi connectivity index (χ2v) is 13.6. The van der Waals surface area contributed by atoms with Gasteiger partial charge in [-0.2, -0.15) is 0 Å². The maximum atomic E-state index is 14.0. The third kappa shape index (κ3) is 5.29. The maximum Gasteiger partial charge on any atom is 0.305 e. The van der Waals surface area contributed by atoms with Gasteiger partial charge in [0.1, 0.15) is 11.0 Å². The molecular weight excluding hydrogens is 694 g/mol. The van der Waals surface area contributed by atoms with E-state index in [1.165, 1.54) is 16.7 Å². The van der Waals surface area contributed by atoms with Crippen molar-refractivity contribution in [3.05, 3.63) is 101 Å². The Morgan fingerprint density at radius 2 is 1.73 bits per heavy atom. The molecule has 3 atom stereocenters. The number of thioether (sulfide) groups is 1. The predicted octanol–water partition coefficient (Wildman–Crippen LogP) is 6.08. The Morgan fingerprint density at radius 1 is 1.00 bits per heavy atom. The molecule has 0 spiro atoms. The molecule has 1 aromatic heterocycles. The molecule has 8 nitrogen and oxygen atoms in total. The van der Waals surface area contributed by atoms with Crippen LogP contribution in [0.2, 0.25) is 0 Å². The Labute approximate surface area is 259 Å². The number of hydrogen-bond donors (Lipinski definition) is 2. The number of benzene rings is 3. The normalized spacial score (nSPS) is 19.6. The number of halogens is 2. The molecule has 3 amide bonds. The Kier molecular flexibility index (Phi) is 7.66. The smallest absolute Gasteiger partial charge is 0.305 e. The number of hydrogen-bond acceptors (Lipinski definition) is 7. The molecule has 0 radical (unpaired) electrons. The van der Waals surface area contributed by atoms with Gasteiger partial charge < -0.3 is 15.0 Å². The topological polar surface area (TPSA) is 109 Å². The van der Waals surface area contributed by atoms with Crippen LogP contribution < -0.4 is 19.8 Å². The molecule has 6 rings (SSSR count). The molecular formula is C29H21Br2N3O5S2. The highest BCUT2D eigenvalue weighted by molar-refractivity contribution is 9.10. The van der Waals surface area contributed by atoms with Gasteiger partial charge in [0.25, 0.3) is 5.91 Å². The summed E-state index contributed by atoms with van der Waals surface area (Å²) in [5.41, 5.74) is 2.70. The molecule has 41 heavy (non-hydrogen) atoms. The minimum Gasteiger partial charge on any atom is -0.483 e. The van der Waals surface area contributed by atoms with Crippen LogP contribution in [0, 0.1) is 12.8 Å². The third-order valence-corrected chi connectivity index (χ3v) is 10.4. The van der Waals surface area contributed by atoms with Crippen molar-refractivity contribution in [2.24, 2.45) is 5.92 Å². The molecule has 0 bridgehead atoms. The van der Waals surface area contributed by atoms with E-state index in [9.17, 15) is 19.2 Å². The van der Waals surface area contributed by atoms with Crippen molar-refractivity contribution in [1.29, 1.82) is 0 Å². The first kappa shape index (κ1) is 28.0. The Balaban J connectivity index is 1.37. The predicted molar refractivity (Wildman–Crippen MR) is 166 cm³/mol. The molecule has 4 aromatic rings. The average molecular weight is 715 g/mol. The molecule has 2 aliphatic heterocycles. The van der Waals surface area contributed by atoms with Gasteiger partial charge in [-0.25, -0.2) is 4.90 Å². The summed E-state index contributed by atoms with van der Waals surface area (Å²) in [6.45, 7) is 1.63. The van der Waals surface area contributed by atoms with Gasteiger partial charge in [0.15, 0.2) is 6.61 Å². The van der Waals surface area contributed by atoms with Gasteiger partial charge in [0.2, 0.25) is 11.8 Å². The van der Waals surface area contributed by atoms with Crippen LogP contribution in [0.5, 0.6) is 5.75 Å². The number of aromatic nitrogens is 1. The number of nitrogens with zero attached hydrogens (tertiary/aromatic N) is 1. The number of carbonyl (C=O) groups is 3. The van der Waals surface area contributed by atoms with E-state index in [4.69, 9.17) is 4.74 Å². The minimum atomic E-state index is -0.785. The summed E-state index contributed by atoms with van der Waals surface area (Å²) >= 11 is 9.14. The van der Waals surface area contributed by atoms with Gasteiger partial charge in [0, 0.05) is 31.0 Å². The lowest BCUT2D eigenvalue weighted by Gasteiger charge is -2.31. The largest absolute Gasteiger partial charge is 0.483 e. The van der Waals surface area contributed by atoms with Crippen molar-refractivity contribution in [2.45, 2.75) is 23.1 Å². The third-order valence-electron chi connectivity index (χ3n) is 6.99. The minimum absolute atomic E-state index is 0.271.